The molecule has 4 rings (SSSR count). The minimum absolute atomic E-state index is 0.00487. The van der Waals surface area contributed by atoms with Crippen molar-refractivity contribution in [2.45, 2.75) is 37.5 Å². The van der Waals surface area contributed by atoms with Crippen LogP contribution in [0.5, 0.6) is 5.75 Å². The highest BCUT2D eigenvalue weighted by Crippen LogP contribution is 2.34. The van der Waals surface area contributed by atoms with Crippen molar-refractivity contribution >= 4 is 29.3 Å². The first-order valence-electron chi connectivity index (χ1n) is 11.5. The third kappa shape index (κ3) is 5.57. The van der Waals surface area contributed by atoms with Crippen molar-refractivity contribution < 1.29 is 14.3 Å². The normalized spacial score (nSPS) is 15.1. The molecule has 2 aromatic carbocycles. The van der Waals surface area contributed by atoms with Crippen LogP contribution in [0.3, 0.4) is 0 Å². The lowest BCUT2D eigenvalue weighted by Crippen LogP contribution is -2.32. The van der Waals surface area contributed by atoms with Crippen LogP contribution >= 0.6 is 11.8 Å². The van der Waals surface area contributed by atoms with Gasteiger partial charge >= 0.3 is 0 Å². The smallest absolute Gasteiger partial charge is 0.254 e. The summed E-state index contributed by atoms with van der Waals surface area (Å²) in [7, 11) is 1.56. The summed E-state index contributed by atoms with van der Waals surface area (Å²) in [6.07, 6.45) is 3.48. The molecule has 35 heavy (non-hydrogen) atoms. The third-order valence-electron chi connectivity index (χ3n) is 5.85. The number of hydrogen-bond acceptors (Lipinski definition) is 6. The summed E-state index contributed by atoms with van der Waals surface area (Å²) >= 11 is 1.30. The van der Waals surface area contributed by atoms with Crippen molar-refractivity contribution in [3.63, 3.8) is 0 Å². The number of thioether (sulfide) groups is 1. The number of carbonyl (C=O) groups excluding carboxylic acids is 2. The number of rotatable bonds is 9. The van der Waals surface area contributed by atoms with Gasteiger partial charge in [0.2, 0.25) is 5.91 Å². The van der Waals surface area contributed by atoms with Crippen molar-refractivity contribution in [1.29, 1.82) is 0 Å². The van der Waals surface area contributed by atoms with Gasteiger partial charge in [0.15, 0.2) is 11.0 Å². The molecule has 1 saturated heterocycles. The zero-order valence-electron chi connectivity index (χ0n) is 19.9. The molecule has 1 aromatic heterocycles. The van der Waals surface area contributed by atoms with Crippen LogP contribution in [0.25, 0.3) is 0 Å². The summed E-state index contributed by atoms with van der Waals surface area (Å²) in [6.45, 7) is 7.00. The molecule has 1 fully saturated rings. The number of methoxy groups -OCH3 is 1. The fourth-order valence-corrected chi connectivity index (χ4v) is 5.00. The van der Waals surface area contributed by atoms with E-state index < -0.39 is 0 Å². The van der Waals surface area contributed by atoms with E-state index in [2.05, 4.69) is 22.1 Å². The van der Waals surface area contributed by atoms with E-state index in [1.54, 1.807) is 25.3 Å². The Kier molecular flexibility index (Phi) is 7.87. The first kappa shape index (κ1) is 24.5. The maximum atomic E-state index is 13.3. The van der Waals surface area contributed by atoms with Crippen LogP contribution < -0.4 is 10.1 Å². The molecule has 2 amide bonds. The average Bonchev–Trinajstić information content (AvgIpc) is 3.50. The van der Waals surface area contributed by atoms with Gasteiger partial charge in [0.05, 0.1) is 24.6 Å². The number of hydrogen-bond donors (Lipinski definition) is 1. The molecule has 3 aromatic rings. The molecule has 182 valence electrons. The largest absolute Gasteiger partial charge is 0.495 e. The number of benzene rings is 2. The molecule has 0 aliphatic carbocycles. The van der Waals surface area contributed by atoms with Gasteiger partial charge in [-0.2, -0.15) is 0 Å². The molecule has 0 saturated carbocycles. The van der Waals surface area contributed by atoms with E-state index in [1.807, 2.05) is 52.8 Å². The first-order valence-corrected chi connectivity index (χ1v) is 12.5. The van der Waals surface area contributed by atoms with Crippen LogP contribution in [-0.2, 0) is 11.3 Å². The van der Waals surface area contributed by atoms with Crippen molar-refractivity contribution in [3.05, 3.63) is 78.1 Å². The number of allylic oxidation sites excluding steroid dienone is 1. The molecule has 1 unspecified atom stereocenters. The molecule has 1 aliphatic heterocycles. The molecule has 0 spiro atoms. The standard InChI is InChI=1S/C26H29N5O3S/c1-4-14-31-24(21-12-8-15-30(21)25(33)19-10-7-9-18(2)16-19)28-29-26(31)35-17-23(32)27-20-11-5-6-13-22(20)34-3/h4-7,9-11,13,16,21H,1,8,12,14-15,17H2,2-3H3,(H,27,32). The monoisotopic (exact) mass is 491 g/mol. The lowest BCUT2D eigenvalue weighted by Gasteiger charge is -2.25. The van der Waals surface area contributed by atoms with Gasteiger partial charge in [-0.05, 0) is 44.0 Å². The van der Waals surface area contributed by atoms with E-state index >= 15 is 0 Å². The van der Waals surface area contributed by atoms with Crippen LogP contribution in [0.1, 0.15) is 40.6 Å². The Labute approximate surface area is 209 Å². The van der Waals surface area contributed by atoms with E-state index in [0.717, 1.165) is 24.2 Å². The molecule has 0 radical (unpaired) electrons. The number of nitrogens with one attached hydrogen (secondary N) is 1. The Morgan fingerprint density at radius 3 is 2.83 bits per heavy atom. The number of aryl methyl sites for hydroxylation is 1. The summed E-state index contributed by atoms with van der Waals surface area (Å²) in [5, 5.41) is 12.3. The summed E-state index contributed by atoms with van der Waals surface area (Å²) in [6, 6.07) is 14.7. The second-order valence-electron chi connectivity index (χ2n) is 8.30. The van der Waals surface area contributed by atoms with Crippen molar-refractivity contribution in [3.8, 4) is 5.75 Å². The number of para-hydroxylation sites is 2. The van der Waals surface area contributed by atoms with Crippen LogP contribution in [0.15, 0.2) is 66.3 Å². The molecular formula is C26H29N5O3S. The van der Waals surface area contributed by atoms with Gasteiger partial charge in [-0.15, -0.1) is 16.8 Å². The second kappa shape index (κ2) is 11.2. The number of likely N-dealkylation sites (tertiary alicyclic amines) is 1. The Morgan fingerprint density at radius 2 is 2.06 bits per heavy atom. The Bertz CT molecular complexity index is 1230. The zero-order chi connectivity index (χ0) is 24.8. The first-order chi connectivity index (χ1) is 17.0. The third-order valence-corrected chi connectivity index (χ3v) is 6.81. The number of ether oxygens (including phenoxy) is 1. The van der Waals surface area contributed by atoms with Crippen LogP contribution in [0, 0.1) is 6.92 Å². The van der Waals surface area contributed by atoms with E-state index in [1.165, 1.54) is 11.8 Å². The highest BCUT2D eigenvalue weighted by Gasteiger charge is 2.34. The predicted octanol–water partition coefficient (Wildman–Crippen LogP) is 4.49. The number of aromatic nitrogens is 3. The molecule has 9 heteroatoms. The Morgan fingerprint density at radius 1 is 1.23 bits per heavy atom. The van der Waals surface area contributed by atoms with Crippen LogP contribution in [0.4, 0.5) is 5.69 Å². The topological polar surface area (TPSA) is 89.3 Å². The van der Waals surface area contributed by atoms with E-state index in [4.69, 9.17) is 4.74 Å². The zero-order valence-corrected chi connectivity index (χ0v) is 20.8. The molecule has 1 N–H and O–H groups in total. The molecular weight excluding hydrogens is 462 g/mol. The summed E-state index contributed by atoms with van der Waals surface area (Å²) in [5.41, 5.74) is 2.34. The van der Waals surface area contributed by atoms with Gasteiger partial charge in [-0.1, -0.05) is 47.7 Å². The van der Waals surface area contributed by atoms with Gasteiger partial charge in [0, 0.05) is 18.7 Å². The molecule has 8 nitrogen and oxygen atoms in total. The quantitative estimate of drug-likeness (QED) is 0.350. The fraction of sp³-hybridized carbons (Fsp3) is 0.308. The minimum Gasteiger partial charge on any atom is -0.495 e. The van der Waals surface area contributed by atoms with Crippen LogP contribution in [0.2, 0.25) is 0 Å². The average molecular weight is 492 g/mol. The van der Waals surface area contributed by atoms with Gasteiger partial charge in [0.1, 0.15) is 5.75 Å². The molecule has 2 heterocycles. The highest BCUT2D eigenvalue weighted by atomic mass is 32.2. The second-order valence-corrected chi connectivity index (χ2v) is 9.25. The number of carbonyl (C=O) groups is 2. The fourth-order valence-electron chi connectivity index (χ4n) is 4.24. The molecule has 1 aliphatic rings. The van der Waals surface area contributed by atoms with Crippen molar-refractivity contribution in [2.24, 2.45) is 0 Å². The lowest BCUT2D eigenvalue weighted by molar-refractivity contribution is -0.113. The molecule has 1 atom stereocenters. The van der Waals surface area contributed by atoms with E-state index in [0.29, 0.717) is 35.2 Å². The summed E-state index contributed by atoms with van der Waals surface area (Å²) < 4.78 is 7.24. The Balaban J connectivity index is 1.49. The summed E-state index contributed by atoms with van der Waals surface area (Å²) in [4.78, 5) is 27.7. The number of anilines is 1. The maximum absolute atomic E-state index is 13.3. The summed E-state index contributed by atoms with van der Waals surface area (Å²) in [5.74, 6) is 1.30. The van der Waals surface area contributed by atoms with Crippen molar-refractivity contribution in [1.82, 2.24) is 19.7 Å². The van der Waals surface area contributed by atoms with E-state index in [-0.39, 0.29) is 23.6 Å². The van der Waals surface area contributed by atoms with Gasteiger partial charge in [-0.25, -0.2) is 0 Å². The number of amides is 2. The highest BCUT2D eigenvalue weighted by molar-refractivity contribution is 7.99. The van der Waals surface area contributed by atoms with Crippen molar-refractivity contribution in [2.75, 3.05) is 24.7 Å². The minimum atomic E-state index is -0.175. The van der Waals surface area contributed by atoms with E-state index in [9.17, 15) is 9.59 Å². The van der Waals surface area contributed by atoms with Gasteiger partial charge in [0.25, 0.3) is 5.91 Å². The predicted molar refractivity (Wildman–Crippen MR) is 137 cm³/mol. The lowest BCUT2D eigenvalue weighted by atomic mass is 10.1. The van der Waals surface area contributed by atoms with Gasteiger partial charge < -0.3 is 19.5 Å². The molecule has 0 bridgehead atoms. The van der Waals surface area contributed by atoms with Gasteiger partial charge in [-0.3, -0.25) is 9.59 Å². The Hall–Kier alpha value is -3.59. The number of nitrogens with zero attached hydrogens (tertiary/aromatic N) is 4. The van der Waals surface area contributed by atoms with Crippen LogP contribution in [-0.4, -0.2) is 50.9 Å². The SMILES string of the molecule is C=CCn1c(SCC(=O)Nc2ccccc2OC)nnc1C1CCCN1C(=O)c1cccc(C)c1. The maximum Gasteiger partial charge on any atom is 0.254 e.